The van der Waals surface area contributed by atoms with Gasteiger partial charge in [0.1, 0.15) is 5.82 Å². The van der Waals surface area contributed by atoms with Gasteiger partial charge in [0.05, 0.1) is 5.69 Å². The highest BCUT2D eigenvalue weighted by Crippen LogP contribution is 2.22. The maximum atomic E-state index is 13.7. The minimum absolute atomic E-state index is 0.215. The van der Waals surface area contributed by atoms with Gasteiger partial charge in [-0.3, -0.25) is 0 Å². The highest BCUT2D eigenvalue weighted by Gasteiger charge is 2.13. The van der Waals surface area contributed by atoms with Crippen molar-refractivity contribution < 1.29 is 13.2 Å². The lowest BCUT2D eigenvalue weighted by Crippen LogP contribution is -2.09. The zero-order valence-electron chi connectivity index (χ0n) is 13.4. The largest absolute Gasteiger partial charge is 0.354 e. The predicted octanol–water partition coefficient (Wildman–Crippen LogP) is 4.95. The molecule has 26 heavy (non-hydrogen) atoms. The van der Waals surface area contributed by atoms with E-state index in [2.05, 4.69) is 20.6 Å². The molecule has 0 unspecified atom stereocenters. The first-order valence-corrected chi connectivity index (χ1v) is 8.12. The Kier molecular flexibility index (Phi) is 5.58. The Bertz CT molecular complexity index is 921. The van der Waals surface area contributed by atoms with Crippen molar-refractivity contribution in [2.45, 2.75) is 6.42 Å². The van der Waals surface area contributed by atoms with Crippen molar-refractivity contribution in [3.8, 4) is 0 Å². The molecule has 0 aliphatic rings. The molecule has 1 aromatic heterocycles. The van der Waals surface area contributed by atoms with Crippen molar-refractivity contribution >= 4 is 29.1 Å². The second-order valence-corrected chi connectivity index (χ2v) is 5.86. The zero-order valence-corrected chi connectivity index (χ0v) is 14.2. The van der Waals surface area contributed by atoms with E-state index in [-0.39, 0.29) is 11.5 Å². The van der Waals surface area contributed by atoms with Crippen molar-refractivity contribution in [1.29, 1.82) is 0 Å². The predicted molar refractivity (Wildman–Crippen MR) is 95.3 cm³/mol. The molecule has 0 aliphatic carbocycles. The molecule has 1 heterocycles. The van der Waals surface area contributed by atoms with Crippen LogP contribution in [0.2, 0.25) is 5.02 Å². The number of rotatable bonds is 6. The monoisotopic (exact) mass is 378 g/mol. The van der Waals surface area contributed by atoms with Crippen LogP contribution in [0.1, 0.15) is 5.56 Å². The number of benzene rings is 2. The molecule has 0 amide bonds. The van der Waals surface area contributed by atoms with Gasteiger partial charge in [-0.15, -0.1) is 0 Å². The molecule has 0 radical (unpaired) electrons. The normalized spacial score (nSPS) is 10.6. The van der Waals surface area contributed by atoms with E-state index in [0.717, 1.165) is 17.7 Å². The number of hydrogen-bond donors (Lipinski definition) is 2. The summed E-state index contributed by atoms with van der Waals surface area (Å²) in [6, 6.07) is 10.9. The molecule has 0 saturated carbocycles. The maximum absolute atomic E-state index is 13.7. The van der Waals surface area contributed by atoms with Crippen molar-refractivity contribution in [3.05, 3.63) is 76.7 Å². The number of nitrogens with one attached hydrogen (secondary N) is 2. The van der Waals surface area contributed by atoms with Crippen molar-refractivity contribution in [2.24, 2.45) is 0 Å². The third-order valence-electron chi connectivity index (χ3n) is 3.54. The molecule has 3 rings (SSSR count). The lowest BCUT2D eigenvalue weighted by molar-refractivity contribution is 0.449. The Hall–Kier alpha value is -2.80. The average molecular weight is 379 g/mol. The Morgan fingerprint density at radius 3 is 2.65 bits per heavy atom. The maximum Gasteiger partial charge on any atom is 0.224 e. The van der Waals surface area contributed by atoms with Crippen LogP contribution in [-0.2, 0) is 6.42 Å². The number of halogens is 4. The summed E-state index contributed by atoms with van der Waals surface area (Å²) < 4.78 is 40.0. The van der Waals surface area contributed by atoms with Gasteiger partial charge in [-0.05, 0) is 42.3 Å². The molecule has 0 spiro atoms. The van der Waals surface area contributed by atoms with Crippen LogP contribution in [0.4, 0.5) is 30.6 Å². The van der Waals surface area contributed by atoms with Crippen molar-refractivity contribution in [2.75, 3.05) is 17.2 Å². The van der Waals surface area contributed by atoms with E-state index in [0.29, 0.717) is 23.9 Å². The van der Waals surface area contributed by atoms with Crippen LogP contribution in [0, 0.1) is 17.5 Å². The first-order chi connectivity index (χ1) is 12.5. The molecule has 8 heteroatoms. The summed E-state index contributed by atoms with van der Waals surface area (Å²) >= 11 is 5.94. The van der Waals surface area contributed by atoms with E-state index in [1.54, 1.807) is 6.07 Å². The van der Waals surface area contributed by atoms with Crippen LogP contribution < -0.4 is 10.6 Å². The summed E-state index contributed by atoms with van der Waals surface area (Å²) in [4.78, 5) is 8.24. The molecule has 3 aromatic rings. The van der Waals surface area contributed by atoms with E-state index >= 15 is 0 Å². The Balaban J connectivity index is 1.64. The summed E-state index contributed by atoms with van der Waals surface area (Å²) in [5, 5.41) is 6.31. The molecule has 4 nitrogen and oxygen atoms in total. The van der Waals surface area contributed by atoms with Gasteiger partial charge in [0.15, 0.2) is 17.5 Å². The minimum atomic E-state index is -1.54. The van der Waals surface area contributed by atoms with Crippen molar-refractivity contribution in [3.63, 3.8) is 0 Å². The quantitative estimate of drug-likeness (QED) is 0.596. The van der Waals surface area contributed by atoms with E-state index in [4.69, 9.17) is 11.6 Å². The lowest BCUT2D eigenvalue weighted by Gasteiger charge is -2.10. The molecule has 0 aliphatic heterocycles. The Morgan fingerprint density at radius 2 is 1.85 bits per heavy atom. The first-order valence-electron chi connectivity index (χ1n) is 7.75. The number of nitrogens with zero attached hydrogens (tertiary/aromatic N) is 2. The SMILES string of the molecule is Fc1ccc(Nc2ccnc(NCCc3cccc(Cl)c3)n2)c(F)c1F. The fourth-order valence-electron chi connectivity index (χ4n) is 2.29. The van der Waals surface area contributed by atoms with Gasteiger partial charge in [-0.1, -0.05) is 23.7 Å². The zero-order chi connectivity index (χ0) is 18.5. The summed E-state index contributed by atoms with van der Waals surface area (Å²) in [6.45, 7) is 0.559. The third kappa shape index (κ3) is 4.43. The second kappa shape index (κ2) is 8.05. The topological polar surface area (TPSA) is 49.8 Å². The lowest BCUT2D eigenvalue weighted by atomic mass is 10.1. The Labute approximate surface area is 153 Å². The molecular formula is C18H14ClF3N4. The molecule has 0 bridgehead atoms. The first kappa shape index (κ1) is 18.0. The van der Waals surface area contributed by atoms with Gasteiger partial charge in [-0.2, -0.15) is 4.98 Å². The third-order valence-corrected chi connectivity index (χ3v) is 3.77. The number of aromatic nitrogens is 2. The van der Waals surface area contributed by atoms with Crippen LogP contribution in [0.25, 0.3) is 0 Å². The van der Waals surface area contributed by atoms with Crippen LogP contribution in [0.5, 0.6) is 0 Å². The summed E-state index contributed by atoms with van der Waals surface area (Å²) in [5.74, 6) is -3.53. The van der Waals surface area contributed by atoms with Crippen LogP contribution in [0.15, 0.2) is 48.7 Å². The fourth-order valence-corrected chi connectivity index (χ4v) is 2.50. The molecule has 0 fully saturated rings. The fraction of sp³-hybridized carbons (Fsp3) is 0.111. The molecule has 134 valence electrons. The highest BCUT2D eigenvalue weighted by atomic mass is 35.5. The van der Waals surface area contributed by atoms with Crippen LogP contribution >= 0.6 is 11.6 Å². The summed E-state index contributed by atoms with van der Waals surface area (Å²) in [6.07, 6.45) is 2.17. The Morgan fingerprint density at radius 1 is 1.00 bits per heavy atom. The van der Waals surface area contributed by atoms with Gasteiger partial charge in [0.2, 0.25) is 5.95 Å². The van der Waals surface area contributed by atoms with Gasteiger partial charge in [-0.25, -0.2) is 18.2 Å². The number of anilines is 3. The standard InChI is InChI=1S/C18H14ClF3N4/c19-12-3-1-2-11(10-12)6-8-23-18-24-9-7-15(26-18)25-14-5-4-13(20)16(21)17(14)22/h1-5,7,9-10H,6,8H2,(H2,23,24,25,26). The summed E-state index contributed by atoms with van der Waals surface area (Å²) in [7, 11) is 0. The average Bonchev–Trinajstić information content (AvgIpc) is 2.63. The van der Waals surface area contributed by atoms with E-state index in [9.17, 15) is 13.2 Å². The summed E-state index contributed by atoms with van der Waals surface area (Å²) in [5.41, 5.74) is 0.843. The van der Waals surface area contributed by atoms with Gasteiger partial charge in [0, 0.05) is 17.8 Å². The van der Waals surface area contributed by atoms with Gasteiger partial charge < -0.3 is 10.6 Å². The molecule has 2 aromatic carbocycles. The molecular weight excluding hydrogens is 365 g/mol. The molecule has 0 saturated heterocycles. The highest BCUT2D eigenvalue weighted by molar-refractivity contribution is 6.30. The van der Waals surface area contributed by atoms with Crippen molar-refractivity contribution in [1.82, 2.24) is 9.97 Å². The van der Waals surface area contributed by atoms with E-state index in [1.165, 1.54) is 12.3 Å². The molecule has 2 N–H and O–H groups in total. The van der Waals surface area contributed by atoms with Gasteiger partial charge in [0.25, 0.3) is 0 Å². The van der Waals surface area contributed by atoms with Crippen LogP contribution in [-0.4, -0.2) is 16.5 Å². The van der Waals surface area contributed by atoms with E-state index in [1.807, 2.05) is 18.2 Å². The van der Waals surface area contributed by atoms with E-state index < -0.39 is 17.5 Å². The number of hydrogen-bond acceptors (Lipinski definition) is 4. The second-order valence-electron chi connectivity index (χ2n) is 5.42. The molecule has 0 atom stereocenters. The van der Waals surface area contributed by atoms with Gasteiger partial charge >= 0.3 is 0 Å². The minimum Gasteiger partial charge on any atom is -0.354 e. The smallest absolute Gasteiger partial charge is 0.224 e. The van der Waals surface area contributed by atoms with Crippen LogP contribution in [0.3, 0.4) is 0 Å².